The molecule has 4 aromatic rings. The number of halogens is 3. The first-order valence-corrected chi connectivity index (χ1v) is 12.2. The number of nitrogens with zero attached hydrogens (tertiary/aromatic N) is 2. The van der Waals surface area contributed by atoms with Crippen LogP contribution in [-0.4, -0.2) is 27.8 Å². The van der Waals surface area contributed by atoms with E-state index in [0.29, 0.717) is 36.5 Å². The van der Waals surface area contributed by atoms with Gasteiger partial charge in [0.1, 0.15) is 0 Å². The summed E-state index contributed by atoms with van der Waals surface area (Å²) in [7, 11) is 0. The van der Waals surface area contributed by atoms with E-state index in [1.54, 1.807) is 6.07 Å². The lowest BCUT2D eigenvalue weighted by Crippen LogP contribution is -2.17. The van der Waals surface area contributed by atoms with Gasteiger partial charge in [0.2, 0.25) is 11.7 Å². The summed E-state index contributed by atoms with van der Waals surface area (Å²) in [6.45, 7) is 4.83. The molecule has 6 nitrogen and oxygen atoms in total. The van der Waals surface area contributed by atoms with Gasteiger partial charge in [-0.05, 0) is 43.0 Å². The number of rotatable bonds is 10. The Labute approximate surface area is 218 Å². The SMILES string of the molecule is Cc1cc(C)cc(CC(c2cccc(C(F)(F)F)c2)c2nc(-c3ccc(CNCCC(=O)O)cc3)no2)c1. The Balaban J connectivity index is 1.60. The maximum Gasteiger partial charge on any atom is 0.416 e. The molecule has 0 spiro atoms. The Kier molecular flexibility index (Phi) is 8.26. The summed E-state index contributed by atoms with van der Waals surface area (Å²) in [5.41, 5.74) is 4.45. The average molecular weight is 524 g/mol. The van der Waals surface area contributed by atoms with Crippen LogP contribution in [0.25, 0.3) is 11.4 Å². The lowest BCUT2D eigenvalue weighted by Gasteiger charge is -2.16. The van der Waals surface area contributed by atoms with Crippen LogP contribution < -0.4 is 5.32 Å². The highest BCUT2D eigenvalue weighted by atomic mass is 19.4. The van der Waals surface area contributed by atoms with Crippen molar-refractivity contribution in [2.45, 2.75) is 45.3 Å². The number of carboxylic acid groups (broad SMARTS) is 1. The third-order valence-corrected chi connectivity index (χ3v) is 6.13. The standard InChI is InChI=1S/C29H28F3N3O3/c1-18-12-19(2)14-21(13-18)15-25(23-4-3-5-24(16-23)29(30,31)32)28-34-27(35-38-28)22-8-6-20(7-9-22)17-33-11-10-26(36)37/h3-9,12-14,16,25,33H,10-11,15,17H2,1-2H3,(H,36,37). The highest BCUT2D eigenvalue weighted by Crippen LogP contribution is 2.35. The van der Waals surface area contributed by atoms with E-state index >= 15 is 0 Å². The number of aryl methyl sites for hydroxylation is 2. The molecular formula is C29H28F3N3O3. The molecule has 38 heavy (non-hydrogen) atoms. The largest absolute Gasteiger partial charge is 0.481 e. The number of alkyl halides is 3. The fraction of sp³-hybridized carbons (Fsp3) is 0.276. The van der Waals surface area contributed by atoms with E-state index in [-0.39, 0.29) is 12.3 Å². The van der Waals surface area contributed by atoms with Crippen LogP contribution in [0.15, 0.2) is 71.3 Å². The van der Waals surface area contributed by atoms with Crippen LogP contribution in [0.1, 0.15) is 51.6 Å². The van der Waals surface area contributed by atoms with E-state index in [1.165, 1.54) is 6.07 Å². The van der Waals surface area contributed by atoms with Gasteiger partial charge in [0.05, 0.1) is 17.9 Å². The molecule has 9 heteroatoms. The van der Waals surface area contributed by atoms with Gasteiger partial charge in [-0.2, -0.15) is 18.2 Å². The van der Waals surface area contributed by atoms with Crippen LogP contribution in [0.4, 0.5) is 13.2 Å². The summed E-state index contributed by atoms with van der Waals surface area (Å²) in [4.78, 5) is 15.2. The Morgan fingerprint density at radius 1 is 1.00 bits per heavy atom. The van der Waals surface area contributed by atoms with Gasteiger partial charge >= 0.3 is 12.1 Å². The van der Waals surface area contributed by atoms with E-state index < -0.39 is 23.6 Å². The van der Waals surface area contributed by atoms with Crippen molar-refractivity contribution in [3.8, 4) is 11.4 Å². The van der Waals surface area contributed by atoms with Crippen molar-refractivity contribution >= 4 is 5.97 Å². The third kappa shape index (κ3) is 7.07. The molecule has 0 bridgehead atoms. The van der Waals surface area contributed by atoms with E-state index in [4.69, 9.17) is 9.63 Å². The molecule has 0 aliphatic rings. The Hall–Kier alpha value is -3.98. The summed E-state index contributed by atoms with van der Waals surface area (Å²) in [6.07, 6.45) is -4.03. The molecule has 3 aromatic carbocycles. The molecular weight excluding hydrogens is 495 g/mol. The maximum absolute atomic E-state index is 13.5. The number of nitrogens with one attached hydrogen (secondary N) is 1. The summed E-state index contributed by atoms with van der Waals surface area (Å²) >= 11 is 0. The van der Waals surface area contributed by atoms with Crippen molar-refractivity contribution in [2.75, 3.05) is 6.54 Å². The first-order chi connectivity index (χ1) is 18.1. The molecule has 0 radical (unpaired) electrons. The average Bonchev–Trinajstić information content (AvgIpc) is 3.34. The van der Waals surface area contributed by atoms with E-state index in [9.17, 15) is 18.0 Å². The zero-order valence-electron chi connectivity index (χ0n) is 21.0. The quantitative estimate of drug-likeness (QED) is 0.237. The molecule has 0 fully saturated rings. The molecule has 4 rings (SSSR count). The second-order valence-corrected chi connectivity index (χ2v) is 9.35. The summed E-state index contributed by atoms with van der Waals surface area (Å²) in [5.74, 6) is -0.861. The zero-order chi connectivity index (χ0) is 27.3. The first-order valence-electron chi connectivity index (χ1n) is 12.2. The van der Waals surface area contributed by atoms with Crippen molar-refractivity contribution < 1.29 is 27.6 Å². The molecule has 1 atom stereocenters. The number of aliphatic carboxylic acids is 1. The second-order valence-electron chi connectivity index (χ2n) is 9.35. The normalized spacial score (nSPS) is 12.4. The Bertz CT molecular complexity index is 1380. The van der Waals surface area contributed by atoms with Crippen molar-refractivity contribution in [1.82, 2.24) is 15.5 Å². The fourth-order valence-electron chi connectivity index (χ4n) is 4.40. The highest BCUT2D eigenvalue weighted by Gasteiger charge is 2.32. The van der Waals surface area contributed by atoms with Crippen LogP contribution in [-0.2, 0) is 23.9 Å². The molecule has 0 saturated heterocycles. The minimum atomic E-state index is -4.47. The van der Waals surface area contributed by atoms with Crippen LogP contribution >= 0.6 is 0 Å². The third-order valence-electron chi connectivity index (χ3n) is 6.13. The number of aromatic nitrogens is 2. The molecule has 198 valence electrons. The zero-order valence-corrected chi connectivity index (χ0v) is 21.0. The lowest BCUT2D eigenvalue weighted by molar-refractivity contribution is -0.138. The minimum Gasteiger partial charge on any atom is -0.481 e. The topological polar surface area (TPSA) is 88.2 Å². The van der Waals surface area contributed by atoms with Gasteiger partial charge < -0.3 is 14.9 Å². The molecule has 2 N–H and O–H groups in total. The smallest absolute Gasteiger partial charge is 0.416 e. The lowest BCUT2D eigenvalue weighted by atomic mass is 9.89. The van der Waals surface area contributed by atoms with Gasteiger partial charge in [0.15, 0.2) is 0 Å². The van der Waals surface area contributed by atoms with Crippen LogP contribution in [0.5, 0.6) is 0 Å². The van der Waals surface area contributed by atoms with Gasteiger partial charge in [-0.25, -0.2) is 0 Å². The number of benzene rings is 3. The molecule has 1 unspecified atom stereocenters. The van der Waals surface area contributed by atoms with Crippen molar-refractivity contribution in [3.05, 3.63) is 106 Å². The maximum atomic E-state index is 13.5. The fourth-order valence-corrected chi connectivity index (χ4v) is 4.40. The monoisotopic (exact) mass is 523 g/mol. The number of carbonyl (C=O) groups is 1. The van der Waals surface area contributed by atoms with Gasteiger partial charge in [0.25, 0.3) is 0 Å². The number of carboxylic acids is 1. The molecule has 1 aromatic heterocycles. The Morgan fingerprint density at radius 2 is 1.71 bits per heavy atom. The first kappa shape index (κ1) is 27.1. The predicted octanol–water partition coefficient (Wildman–Crippen LogP) is 6.31. The van der Waals surface area contributed by atoms with Gasteiger partial charge in [-0.15, -0.1) is 0 Å². The summed E-state index contributed by atoms with van der Waals surface area (Å²) in [5, 5.41) is 15.9. The minimum absolute atomic E-state index is 0.0406. The molecule has 0 aliphatic heterocycles. The highest BCUT2D eigenvalue weighted by molar-refractivity contribution is 5.66. The summed E-state index contributed by atoms with van der Waals surface area (Å²) in [6, 6.07) is 18.7. The van der Waals surface area contributed by atoms with Crippen LogP contribution in [0.2, 0.25) is 0 Å². The van der Waals surface area contributed by atoms with E-state index in [2.05, 4.69) is 15.5 Å². The number of hydrogen-bond acceptors (Lipinski definition) is 5. The Morgan fingerprint density at radius 3 is 2.37 bits per heavy atom. The van der Waals surface area contributed by atoms with Gasteiger partial charge in [0, 0.05) is 18.7 Å². The van der Waals surface area contributed by atoms with Crippen LogP contribution in [0.3, 0.4) is 0 Å². The van der Waals surface area contributed by atoms with E-state index in [0.717, 1.165) is 34.4 Å². The van der Waals surface area contributed by atoms with Gasteiger partial charge in [-0.3, -0.25) is 4.79 Å². The summed E-state index contributed by atoms with van der Waals surface area (Å²) < 4.78 is 46.0. The van der Waals surface area contributed by atoms with Gasteiger partial charge in [-0.1, -0.05) is 76.9 Å². The van der Waals surface area contributed by atoms with E-state index in [1.807, 2.05) is 56.3 Å². The predicted molar refractivity (Wildman–Crippen MR) is 137 cm³/mol. The second kappa shape index (κ2) is 11.6. The van der Waals surface area contributed by atoms with Crippen LogP contribution in [0, 0.1) is 13.8 Å². The molecule has 1 heterocycles. The molecule has 0 aliphatic carbocycles. The molecule has 0 saturated carbocycles. The number of hydrogen-bond donors (Lipinski definition) is 2. The molecule has 0 amide bonds. The van der Waals surface area contributed by atoms with Crippen molar-refractivity contribution in [3.63, 3.8) is 0 Å². The van der Waals surface area contributed by atoms with Crippen molar-refractivity contribution in [1.29, 1.82) is 0 Å². The van der Waals surface area contributed by atoms with Crippen molar-refractivity contribution in [2.24, 2.45) is 0 Å².